The van der Waals surface area contributed by atoms with Crippen molar-refractivity contribution in [3.05, 3.63) is 57.8 Å². The highest BCUT2D eigenvalue weighted by Gasteiger charge is 2.28. The molecule has 3 rings (SSSR count). The summed E-state index contributed by atoms with van der Waals surface area (Å²) in [6.45, 7) is 1.01. The number of halogens is 3. The molecule has 1 fully saturated rings. The van der Waals surface area contributed by atoms with Gasteiger partial charge in [-0.1, -0.05) is 23.2 Å². The van der Waals surface area contributed by atoms with Crippen molar-refractivity contribution < 1.29 is 22.3 Å². The van der Waals surface area contributed by atoms with Gasteiger partial charge in [-0.3, -0.25) is 4.79 Å². The molecule has 0 unspecified atom stereocenters. The van der Waals surface area contributed by atoms with Gasteiger partial charge in [-0.05, 0) is 36.4 Å². The van der Waals surface area contributed by atoms with E-state index in [1.807, 2.05) is 0 Å². The van der Waals surface area contributed by atoms with Gasteiger partial charge < -0.3 is 10.1 Å². The number of nitrogens with one attached hydrogen (secondary N) is 1. The molecule has 0 radical (unpaired) electrons. The molecule has 0 atom stereocenters. The number of carbonyl (C=O) groups excluding carboxylic acids is 1. The van der Waals surface area contributed by atoms with Crippen LogP contribution in [0.25, 0.3) is 0 Å². The number of carbonyl (C=O) groups is 1. The molecule has 1 heterocycles. The third kappa shape index (κ3) is 4.41. The quantitative estimate of drug-likeness (QED) is 0.802. The second kappa shape index (κ2) is 8.12. The Morgan fingerprint density at radius 1 is 1.11 bits per heavy atom. The maximum Gasteiger partial charge on any atom is 0.258 e. The van der Waals surface area contributed by atoms with E-state index in [0.717, 1.165) is 6.07 Å². The van der Waals surface area contributed by atoms with Gasteiger partial charge in [0.1, 0.15) is 10.7 Å². The zero-order chi connectivity index (χ0) is 19.6. The van der Waals surface area contributed by atoms with Crippen LogP contribution in [0.1, 0.15) is 10.4 Å². The van der Waals surface area contributed by atoms with Crippen LogP contribution in [-0.4, -0.2) is 44.9 Å². The lowest BCUT2D eigenvalue weighted by atomic mass is 10.2. The molecule has 0 aromatic heterocycles. The summed E-state index contributed by atoms with van der Waals surface area (Å²) in [7, 11) is -3.86. The Labute approximate surface area is 165 Å². The van der Waals surface area contributed by atoms with Crippen molar-refractivity contribution in [2.75, 3.05) is 31.6 Å². The normalized spacial score (nSPS) is 15.5. The highest BCUT2D eigenvalue weighted by atomic mass is 35.5. The maximum absolute atomic E-state index is 13.8. The molecule has 1 saturated heterocycles. The van der Waals surface area contributed by atoms with Crippen LogP contribution in [0.2, 0.25) is 10.0 Å². The highest BCUT2D eigenvalue weighted by Crippen LogP contribution is 2.28. The number of ether oxygens (including phenoxy) is 1. The van der Waals surface area contributed by atoms with Crippen LogP contribution < -0.4 is 5.32 Å². The number of rotatable bonds is 4. The third-order valence-corrected chi connectivity index (χ3v) is 6.57. The summed E-state index contributed by atoms with van der Waals surface area (Å²) in [5.41, 5.74) is -0.0920. The molecule has 0 aliphatic carbocycles. The van der Waals surface area contributed by atoms with E-state index in [4.69, 9.17) is 27.9 Å². The molecule has 6 nitrogen and oxygen atoms in total. The van der Waals surface area contributed by atoms with Crippen LogP contribution in [-0.2, 0) is 14.8 Å². The predicted octanol–water partition coefficient (Wildman–Crippen LogP) is 3.41. The van der Waals surface area contributed by atoms with Crippen molar-refractivity contribution in [2.24, 2.45) is 0 Å². The van der Waals surface area contributed by atoms with Crippen molar-refractivity contribution in [1.82, 2.24) is 4.31 Å². The predicted molar refractivity (Wildman–Crippen MR) is 100 cm³/mol. The topological polar surface area (TPSA) is 75.7 Å². The Bertz CT molecular complexity index is 979. The summed E-state index contributed by atoms with van der Waals surface area (Å²) in [6, 6.07) is 7.62. The summed E-state index contributed by atoms with van der Waals surface area (Å²) in [6.07, 6.45) is 0. The fraction of sp³-hybridized carbons (Fsp3) is 0.235. The molecule has 2 aromatic carbocycles. The lowest BCUT2D eigenvalue weighted by molar-refractivity contribution is 0.0730. The van der Waals surface area contributed by atoms with Gasteiger partial charge in [0.15, 0.2) is 0 Å². The van der Waals surface area contributed by atoms with Gasteiger partial charge in [-0.25, -0.2) is 12.8 Å². The van der Waals surface area contributed by atoms with Gasteiger partial charge in [-0.2, -0.15) is 4.31 Å². The number of hydrogen-bond donors (Lipinski definition) is 1. The molecule has 0 bridgehead atoms. The van der Waals surface area contributed by atoms with Crippen LogP contribution in [0.3, 0.4) is 0 Å². The van der Waals surface area contributed by atoms with E-state index in [1.165, 1.54) is 34.6 Å². The monoisotopic (exact) mass is 432 g/mol. The Kier molecular flexibility index (Phi) is 6.02. The van der Waals surface area contributed by atoms with Gasteiger partial charge >= 0.3 is 0 Å². The summed E-state index contributed by atoms with van der Waals surface area (Å²) in [4.78, 5) is 12.2. The second-order valence-corrected chi connectivity index (χ2v) is 8.49. The van der Waals surface area contributed by atoms with Gasteiger partial charge in [0.2, 0.25) is 10.0 Å². The van der Waals surface area contributed by atoms with Crippen LogP contribution >= 0.6 is 23.2 Å². The standard InChI is InChI=1S/C17H15Cl2FN2O4S/c18-11-1-4-15(20)13(9-11)17(23)21-12-2-3-14(19)16(10-12)27(24,25)22-5-7-26-8-6-22/h1-4,9-10H,5-8H2,(H,21,23). The number of sulfonamides is 1. The lowest BCUT2D eigenvalue weighted by Gasteiger charge is -2.26. The summed E-state index contributed by atoms with van der Waals surface area (Å²) in [5, 5.41) is 2.69. The molecular formula is C17H15Cl2FN2O4S. The molecule has 27 heavy (non-hydrogen) atoms. The molecule has 1 aliphatic rings. The number of hydrogen-bond acceptors (Lipinski definition) is 4. The van der Waals surface area contributed by atoms with Gasteiger partial charge in [0, 0.05) is 23.8 Å². The molecule has 0 spiro atoms. The van der Waals surface area contributed by atoms with Gasteiger partial charge in [-0.15, -0.1) is 0 Å². The molecule has 1 N–H and O–H groups in total. The smallest absolute Gasteiger partial charge is 0.258 e. The Hall–Kier alpha value is -1.71. The van der Waals surface area contributed by atoms with Gasteiger partial charge in [0.05, 0.1) is 23.8 Å². The first-order valence-electron chi connectivity index (χ1n) is 7.93. The first kappa shape index (κ1) is 20.0. The molecule has 1 amide bonds. The van der Waals surface area contributed by atoms with Crippen LogP contribution in [0.5, 0.6) is 0 Å². The number of amides is 1. The van der Waals surface area contributed by atoms with Crippen LogP contribution in [0.15, 0.2) is 41.3 Å². The third-order valence-electron chi connectivity index (χ3n) is 3.95. The Morgan fingerprint density at radius 3 is 2.52 bits per heavy atom. The van der Waals surface area contributed by atoms with E-state index < -0.39 is 21.7 Å². The fourth-order valence-corrected chi connectivity index (χ4v) is 4.66. The summed E-state index contributed by atoms with van der Waals surface area (Å²) < 4.78 is 45.9. The number of nitrogens with zero attached hydrogens (tertiary/aromatic N) is 1. The largest absolute Gasteiger partial charge is 0.379 e. The minimum atomic E-state index is -3.86. The number of benzene rings is 2. The number of morpholine rings is 1. The molecule has 0 saturated carbocycles. The lowest BCUT2D eigenvalue weighted by Crippen LogP contribution is -2.40. The summed E-state index contributed by atoms with van der Waals surface area (Å²) >= 11 is 11.9. The highest BCUT2D eigenvalue weighted by molar-refractivity contribution is 7.89. The molecular weight excluding hydrogens is 418 g/mol. The van der Waals surface area contributed by atoms with Crippen molar-refractivity contribution in [2.45, 2.75) is 4.90 Å². The van der Waals surface area contributed by atoms with Crippen molar-refractivity contribution in [1.29, 1.82) is 0 Å². The van der Waals surface area contributed by atoms with E-state index in [-0.39, 0.29) is 39.3 Å². The van der Waals surface area contributed by atoms with Crippen LogP contribution in [0.4, 0.5) is 10.1 Å². The second-order valence-electron chi connectivity index (χ2n) is 5.74. The first-order valence-corrected chi connectivity index (χ1v) is 10.1. The number of anilines is 1. The zero-order valence-electron chi connectivity index (χ0n) is 13.9. The minimum absolute atomic E-state index is 0.0217. The van der Waals surface area contributed by atoms with E-state index in [2.05, 4.69) is 5.32 Å². The fourth-order valence-electron chi connectivity index (χ4n) is 2.57. The zero-order valence-corrected chi connectivity index (χ0v) is 16.2. The van der Waals surface area contributed by atoms with Crippen LogP contribution in [0, 0.1) is 5.82 Å². The molecule has 10 heteroatoms. The Balaban J connectivity index is 1.89. The van der Waals surface area contributed by atoms with Crippen molar-refractivity contribution >= 4 is 44.8 Å². The molecule has 1 aliphatic heterocycles. The van der Waals surface area contributed by atoms with Crippen molar-refractivity contribution in [3.63, 3.8) is 0 Å². The average Bonchev–Trinajstić information content (AvgIpc) is 2.65. The minimum Gasteiger partial charge on any atom is -0.379 e. The van der Waals surface area contributed by atoms with Crippen molar-refractivity contribution in [3.8, 4) is 0 Å². The molecule has 144 valence electrons. The van der Waals surface area contributed by atoms with Gasteiger partial charge in [0.25, 0.3) is 5.91 Å². The Morgan fingerprint density at radius 2 is 1.81 bits per heavy atom. The average molecular weight is 433 g/mol. The maximum atomic E-state index is 13.8. The van der Waals surface area contributed by atoms with E-state index in [1.54, 1.807) is 0 Å². The molecule has 2 aromatic rings. The summed E-state index contributed by atoms with van der Waals surface area (Å²) in [5.74, 6) is -1.50. The first-order chi connectivity index (χ1) is 12.8. The SMILES string of the molecule is O=C(Nc1ccc(Cl)c(S(=O)(=O)N2CCOCC2)c1)c1cc(Cl)ccc1F. The van der Waals surface area contributed by atoms with E-state index in [0.29, 0.717) is 13.2 Å². The van der Waals surface area contributed by atoms with E-state index in [9.17, 15) is 17.6 Å². The van der Waals surface area contributed by atoms with E-state index >= 15 is 0 Å².